The summed E-state index contributed by atoms with van der Waals surface area (Å²) in [6.07, 6.45) is 0. The Labute approximate surface area is 119 Å². The van der Waals surface area contributed by atoms with Crippen molar-refractivity contribution < 1.29 is 0 Å². The van der Waals surface area contributed by atoms with Crippen molar-refractivity contribution in [2.24, 2.45) is 5.73 Å². The van der Waals surface area contributed by atoms with E-state index in [0.29, 0.717) is 4.99 Å². The molecule has 0 bridgehead atoms. The maximum absolute atomic E-state index is 12.3. The van der Waals surface area contributed by atoms with Gasteiger partial charge in [0.15, 0.2) is 0 Å². The van der Waals surface area contributed by atoms with E-state index >= 15 is 0 Å². The Morgan fingerprint density at radius 2 is 1.95 bits per heavy atom. The monoisotopic (exact) mass is 286 g/mol. The maximum Gasteiger partial charge on any atom is 0.273 e. The van der Waals surface area contributed by atoms with Crippen LogP contribution in [0.1, 0.15) is 5.56 Å². The summed E-state index contributed by atoms with van der Waals surface area (Å²) in [6, 6.07) is 15.0. The van der Waals surface area contributed by atoms with Crippen LogP contribution in [-0.4, -0.2) is 8.95 Å². The molecule has 0 fully saturated rings. The summed E-state index contributed by atoms with van der Waals surface area (Å²) in [4.78, 5) is 12.6. The van der Waals surface area contributed by atoms with E-state index in [2.05, 4.69) is 0 Å². The van der Waals surface area contributed by atoms with Gasteiger partial charge in [0.2, 0.25) is 0 Å². The van der Waals surface area contributed by atoms with E-state index in [1.807, 2.05) is 48.5 Å². The number of nitrogens with two attached hydrogens (primary N) is 1. The van der Waals surface area contributed by atoms with Crippen molar-refractivity contribution in [2.75, 3.05) is 0 Å². The van der Waals surface area contributed by atoms with E-state index in [4.69, 9.17) is 18.0 Å². The standard InChI is InChI=1S/C14H10N2OS2/c15-13(18)9-4-3-5-10(8-9)16-14(17)11-6-1-2-7-12(11)19-16/h1-8H,(H2,15,18). The first-order valence-corrected chi connectivity index (χ1v) is 6.86. The van der Waals surface area contributed by atoms with Crippen LogP contribution in [0.4, 0.5) is 0 Å². The zero-order valence-corrected chi connectivity index (χ0v) is 11.5. The zero-order chi connectivity index (χ0) is 13.4. The summed E-state index contributed by atoms with van der Waals surface area (Å²) in [5.41, 5.74) is 7.16. The van der Waals surface area contributed by atoms with Gasteiger partial charge in [-0.2, -0.15) is 0 Å². The Hall–Kier alpha value is -1.98. The van der Waals surface area contributed by atoms with Gasteiger partial charge in [0.05, 0.1) is 15.8 Å². The highest BCUT2D eigenvalue weighted by molar-refractivity contribution is 7.80. The molecule has 0 saturated heterocycles. The Morgan fingerprint density at radius 3 is 2.68 bits per heavy atom. The fraction of sp³-hybridized carbons (Fsp3) is 0. The molecule has 0 atom stereocenters. The minimum Gasteiger partial charge on any atom is -0.389 e. The molecular formula is C14H10N2OS2. The quantitative estimate of drug-likeness (QED) is 0.737. The first kappa shape index (κ1) is 12.1. The van der Waals surface area contributed by atoms with Crippen LogP contribution < -0.4 is 11.3 Å². The molecule has 1 aromatic heterocycles. The molecule has 2 aromatic carbocycles. The van der Waals surface area contributed by atoms with Crippen molar-refractivity contribution in [3.63, 3.8) is 0 Å². The van der Waals surface area contributed by atoms with Gasteiger partial charge in [-0.1, -0.05) is 48.0 Å². The van der Waals surface area contributed by atoms with Crippen LogP contribution in [0.2, 0.25) is 0 Å². The van der Waals surface area contributed by atoms with E-state index < -0.39 is 0 Å². The Kier molecular flexibility index (Phi) is 2.93. The van der Waals surface area contributed by atoms with Crippen molar-refractivity contribution in [1.82, 2.24) is 3.96 Å². The molecule has 2 N–H and O–H groups in total. The number of fused-ring (bicyclic) bond motifs is 1. The van der Waals surface area contributed by atoms with Crippen LogP contribution in [0.15, 0.2) is 53.3 Å². The molecule has 0 amide bonds. The van der Waals surface area contributed by atoms with E-state index in [0.717, 1.165) is 21.3 Å². The van der Waals surface area contributed by atoms with E-state index in [9.17, 15) is 4.79 Å². The molecule has 0 aliphatic heterocycles. The van der Waals surface area contributed by atoms with Gasteiger partial charge in [-0.25, -0.2) is 3.96 Å². The number of hydrogen-bond donors (Lipinski definition) is 1. The van der Waals surface area contributed by atoms with Crippen LogP contribution in [0.3, 0.4) is 0 Å². The molecule has 0 unspecified atom stereocenters. The first-order valence-electron chi connectivity index (χ1n) is 5.68. The Bertz CT molecular complexity index is 833. The molecule has 0 aliphatic rings. The molecule has 1 heterocycles. The molecule has 0 radical (unpaired) electrons. The molecule has 0 saturated carbocycles. The SMILES string of the molecule is NC(=S)c1cccc(-n2sc3ccccc3c2=O)c1. The second kappa shape index (κ2) is 4.60. The van der Waals surface area contributed by atoms with Crippen molar-refractivity contribution in [2.45, 2.75) is 0 Å². The largest absolute Gasteiger partial charge is 0.389 e. The lowest BCUT2D eigenvalue weighted by molar-refractivity contribution is 1.14. The van der Waals surface area contributed by atoms with Crippen molar-refractivity contribution in [1.29, 1.82) is 0 Å². The molecule has 19 heavy (non-hydrogen) atoms. The molecule has 0 aliphatic carbocycles. The Balaban J connectivity index is 2.25. The third-order valence-corrected chi connectivity index (χ3v) is 4.20. The number of hydrogen-bond acceptors (Lipinski definition) is 3. The minimum atomic E-state index is -0.0133. The second-order valence-electron chi connectivity index (χ2n) is 4.10. The van der Waals surface area contributed by atoms with E-state index in [1.165, 1.54) is 11.5 Å². The summed E-state index contributed by atoms with van der Waals surface area (Å²) in [7, 11) is 0. The summed E-state index contributed by atoms with van der Waals surface area (Å²) in [6.45, 7) is 0. The number of benzene rings is 2. The smallest absolute Gasteiger partial charge is 0.273 e. The zero-order valence-electron chi connectivity index (χ0n) is 9.87. The average Bonchev–Trinajstić information content (AvgIpc) is 2.77. The third kappa shape index (κ3) is 2.07. The van der Waals surface area contributed by atoms with Crippen LogP contribution in [0, 0.1) is 0 Å². The topological polar surface area (TPSA) is 48.0 Å². The summed E-state index contributed by atoms with van der Waals surface area (Å²) in [5, 5.41) is 0.730. The third-order valence-electron chi connectivity index (χ3n) is 2.86. The van der Waals surface area contributed by atoms with Crippen LogP contribution in [0.5, 0.6) is 0 Å². The maximum atomic E-state index is 12.3. The molecule has 0 spiro atoms. The average molecular weight is 286 g/mol. The van der Waals surface area contributed by atoms with Gasteiger partial charge in [-0.3, -0.25) is 4.79 Å². The van der Waals surface area contributed by atoms with Gasteiger partial charge >= 0.3 is 0 Å². The van der Waals surface area contributed by atoms with E-state index in [-0.39, 0.29) is 5.56 Å². The number of nitrogens with zero attached hydrogens (tertiary/aromatic N) is 1. The van der Waals surface area contributed by atoms with Crippen LogP contribution in [0.25, 0.3) is 15.8 Å². The molecule has 3 rings (SSSR count). The summed E-state index contributed by atoms with van der Waals surface area (Å²) >= 11 is 6.38. The molecule has 94 valence electrons. The van der Waals surface area contributed by atoms with E-state index in [1.54, 1.807) is 3.96 Å². The Morgan fingerprint density at radius 1 is 1.16 bits per heavy atom. The van der Waals surface area contributed by atoms with Crippen molar-refractivity contribution >= 4 is 38.8 Å². The van der Waals surface area contributed by atoms with Gasteiger partial charge in [0.25, 0.3) is 5.56 Å². The van der Waals surface area contributed by atoms with Gasteiger partial charge in [0.1, 0.15) is 4.99 Å². The highest BCUT2D eigenvalue weighted by Gasteiger charge is 2.09. The van der Waals surface area contributed by atoms with Gasteiger partial charge < -0.3 is 5.73 Å². The highest BCUT2D eigenvalue weighted by Crippen LogP contribution is 2.20. The number of aromatic nitrogens is 1. The lowest BCUT2D eigenvalue weighted by Crippen LogP contribution is -2.13. The minimum absolute atomic E-state index is 0.0133. The van der Waals surface area contributed by atoms with Crippen molar-refractivity contribution in [3.05, 3.63) is 64.4 Å². The summed E-state index contributed by atoms with van der Waals surface area (Å²) < 4.78 is 2.63. The van der Waals surface area contributed by atoms with Gasteiger partial charge in [0, 0.05) is 5.56 Å². The lowest BCUT2D eigenvalue weighted by atomic mass is 10.2. The number of thiocarbonyl (C=S) groups is 1. The molecule has 3 nitrogen and oxygen atoms in total. The predicted octanol–water partition coefficient (Wildman–Crippen LogP) is 2.69. The molecule has 3 aromatic rings. The van der Waals surface area contributed by atoms with Gasteiger partial charge in [-0.05, 0) is 24.3 Å². The molecular weight excluding hydrogens is 276 g/mol. The van der Waals surface area contributed by atoms with Crippen molar-refractivity contribution in [3.8, 4) is 5.69 Å². The molecule has 5 heteroatoms. The normalized spacial score (nSPS) is 10.7. The summed E-state index contributed by atoms with van der Waals surface area (Å²) in [5.74, 6) is 0. The first-order chi connectivity index (χ1) is 9.16. The van der Waals surface area contributed by atoms with Crippen LogP contribution >= 0.6 is 23.8 Å². The number of rotatable bonds is 2. The highest BCUT2D eigenvalue weighted by atomic mass is 32.1. The van der Waals surface area contributed by atoms with Gasteiger partial charge in [-0.15, -0.1) is 0 Å². The fourth-order valence-electron chi connectivity index (χ4n) is 1.93. The predicted molar refractivity (Wildman–Crippen MR) is 83.3 cm³/mol. The van der Waals surface area contributed by atoms with Crippen LogP contribution in [-0.2, 0) is 0 Å². The second-order valence-corrected chi connectivity index (χ2v) is 5.53. The fourth-order valence-corrected chi connectivity index (χ4v) is 3.04. The lowest BCUT2D eigenvalue weighted by Gasteiger charge is -2.03.